The summed E-state index contributed by atoms with van der Waals surface area (Å²) < 4.78 is 0.329. The van der Waals surface area contributed by atoms with E-state index in [0.29, 0.717) is 24.3 Å². The zero-order valence-electron chi connectivity index (χ0n) is 11.2. The molecule has 110 valence electrons. The van der Waals surface area contributed by atoms with E-state index in [-0.39, 0.29) is 17.1 Å². The zero-order valence-corrected chi connectivity index (χ0v) is 12.0. The van der Waals surface area contributed by atoms with Gasteiger partial charge in [-0.15, -0.1) is 0 Å². The molecule has 21 heavy (non-hydrogen) atoms. The van der Waals surface area contributed by atoms with Gasteiger partial charge in [0.25, 0.3) is 5.56 Å². The molecule has 1 aliphatic heterocycles. The Bertz CT molecular complexity index is 777. The SMILES string of the molecule is O=c1[nH]c(=S)[nH]c2c1CCN(Cc1cc(O)cc(O)c1)C2. The molecule has 2 heterocycles. The van der Waals surface area contributed by atoms with Gasteiger partial charge in [0.2, 0.25) is 0 Å². The minimum atomic E-state index is -0.122. The summed E-state index contributed by atoms with van der Waals surface area (Å²) in [7, 11) is 0. The van der Waals surface area contributed by atoms with Gasteiger partial charge in [-0.25, -0.2) is 0 Å². The van der Waals surface area contributed by atoms with Gasteiger partial charge in [0, 0.05) is 37.0 Å². The van der Waals surface area contributed by atoms with Crippen molar-refractivity contribution in [3.05, 3.63) is 50.1 Å². The van der Waals surface area contributed by atoms with Crippen molar-refractivity contribution >= 4 is 12.2 Å². The minimum Gasteiger partial charge on any atom is -0.508 e. The van der Waals surface area contributed by atoms with E-state index in [1.807, 2.05) is 0 Å². The summed E-state index contributed by atoms with van der Waals surface area (Å²) >= 11 is 4.99. The number of rotatable bonds is 2. The number of H-pyrrole nitrogens is 2. The molecule has 3 rings (SSSR count). The van der Waals surface area contributed by atoms with Gasteiger partial charge in [-0.1, -0.05) is 0 Å². The minimum absolute atomic E-state index is 0.0401. The number of fused-ring (bicyclic) bond motifs is 1. The molecule has 1 aromatic heterocycles. The van der Waals surface area contributed by atoms with Crippen molar-refractivity contribution < 1.29 is 10.2 Å². The lowest BCUT2D eigenvalue weighted by atomic mass is 10.1. The van der Waals surface area contributed by atoms with E-state index >= 15 is 0 Å². The molecule has 0 amide bonds. The molecule has 0 saturated heterocycles. The van der Waals surface area contributed by atoms with Crippen molar-refractivity contribution in [2.24, 2.45) is 0 Å². The fourth-order valence-electron chi connectivity index (χ4n) is 2.67. The van der Waals surface area contributed by atoms with Gasteiger partial charge >= 0.3 is 0 Å². The summed E-state index contributed by atoms with van der Waals surface area (Å²) in [6.45, 7) is 1.89. The number of phenols is 2. The summed E-state index contributed by atoms with van der Waals surface area (Å²) in [5.41, 5.74) is 2.28. The molecular weight excluding hydrogens is 290 g/mol. The third-order valence-corrected chi connectivity index (χ3v) is 3.76. The molecule has 0 unspecified atom stereocenters. The molecule has 0 aliphatic carbocycles. The molecule has 0 radical (unpaired) electrons. The molecule has 0 bridgehead atoms. The molecule has 1 aromatic carbocycles. The smallest absolute Gasteiger partial charge is 0.255 e. The average Bonchev–Trinajstić information content (AvgIpc) is 2.36. The van der Waals surface area contributed by atoms with Crippen LogP contribution in [-0.2, 0) is 19.5 Å². The Hall–Kier alpha value is -2.12. The number of hydrogen-bond acceptors (Lipinski definition) is 5. The lowest BCUT2D eigenvalue weighted by Crippen LogP contribution is -2.34. The van der Waals surface area contributed by atoms with E-state index in [1.165, 1.54) is 6.07 Å². The summed E-state index contributed by atoms with van der Waals surface area (Å²) in [6, 6.07) is 4.54. The van der Waals surface area contributed by atoms with E-state index in [1.54, 1.807) is 12.1 Å². The Morgan fingerprint density at radius 2 is 1.90 bits per heavy atom. The second-order valence-corrected chi connectivity index (χ2v) is 5.59. The highest BCUT2D eigenvalue weighted by atomic mass is 32.1. The quantitative estimate of drug-likeness (QED) is 0.630. The molecular formula is C14H15N3O3S. The van der Waals surface area contributed by atoms with Crippen molar-refractivity contribution in [1.29, 1.82) is 0 Å². The van der Waals surface area contributed by atoms with Crippen molar-refractivity contribution in [3.63, 3.8) is 0 Å². The van der Waals surface area contributed by atoms with Crippen molar-refractivity contribution in [2.45, 2.75) is 19.5 Å². The Kier molecular flexibility index (Phi) is 3.52. The number of nitrogens with zero attached hydrogens (tertiary/aromatic N) is 1. The molecule has 4 N–H and O–H groups in total. The highest BCUT2D eigenvalue weighted by molar-refractivity contribution is 7.71. The summed E-state index contributed by atoms with van der Waals surface area (Å²) in [6.07, 6.45) is 0.640. The zero-order chi connectivity index (χ0) is 15.0. The number of aromatic nitrogens is 2. The van der Waals surface area contributed by atoms with Gasteiger partial charge in [-0.2, -0.15) is 0 Å². The molecule has 6 nitrogen and oxygen atoms in total. The maximum Gasteiger partial charge on any atom is 0.255 e. The first-order valence-electron chi connectivity index (χ1n) is 6.60. The second-order valence-electron chi connectivity index (χ2n) is 5.18. The van der Waals surface area contributed by atoms with E-state index in [9.17, 15) is 15.0 Å². The fourth-order valence-corrected chi connectivity index (χ4v) is 2.89. The maximum atomic E-state index is 11.8. The van der Waals surface area contributed by atoms with Crippen LogP contribution in [0.25, 0.3) is 0 Å². The van der Waals surface area contributed by atoms with Crippen molar-refractivity contribution in [1.82, 2.24) is 14.9 Å². The molecule has 7 heteroatoms. The number of aromatic hydroxyl groups is 2. The van der Waals surface area contributed by atoms with Crippen LogP contribution >= 0.6 is 12.2 Å². The largest absolute Gasteiger partial charge is 0.508 e. The van der Waals surface area contributed by atoms with Gasteiger partial charge in [0.15, 0.2) is 4.77 Å². The fraction of sp³-hybridized carbons (Fsp3) is 0.286. The van der Waals surface area contributed by atoms with Crippen molar-refractivity contribution in [3.8, 4) is 11.5 Å². The van der Waals surface area contributed by atoms with Crippen LogP contribution in [0.3, 0.4) is 0 Å². The number of benzene rings is 1. The highest BCUT2D eigenvalue weighted by Crippen LogP contribution is 2.23. The summed E-state index contributed by atoms with van der Waals surface area (Å²) in [4.78, 5) is 19.6. The van der Waals surface area contributed by atoms with Crippen LogP contribution < -0.4 is 5.56 Å². The lowest BCUT2D eigenvalue weighted by molar-refractivity contribution is 0.239. The van der Waals surface area contributed by atoms with Gasteiger partial charge in [-0.3, -0.25) is 14.7 Å². The normalized spacial score (nSPS) is 14.9. The van der Waals surface area contributed by atoms with Crippen LogP contribution in [0.15, 0.2) is 23.0 Å². The second kappa shape index (κ2) is 5.34. The average molecular weight is 305 g/mol. The third-order valence-electron chi connectivity index (χ3n) is 3.56. The van der Waals surface area contributed by atoms with Crippen molar-refractivity contribution in [2.75, 3.05) is 6.54 Å². The topological polar surface area (TPSA) is 92.4 Å². The Labute approximate surface area is 125 Å². The number of nitrogens with one attached hydrogen (secondary N) is 2. The van der Waals surface area contributed by atoms with Crippen LogP contribution in [0.5, 0.6) is 11.5 Å². The third kappa shape index (κ3) is 2.98. The van der Waals surface area contributed by atoms with Gasteiger partial charge in [-0.05, 0) is 36.3 Å². The highest BCUT2D eigenvalue weighted by Gasteiger charge is 2.19. The predicted molar refractivity (Wildman–Crippen MR) is 79.8 cm³/mol. The number of hydrogen-bond donors (Lipinski definition) is 4. The van der Waals surface area contributed by atoms with E-state index in [4.69, 9.17) is 12.2 Å². The first-order valence-corrected chi connectivity index (χ1v) is 7.01. The first-order chi connectivity index (χ1) is 10.0. The first kappa shape index (κ1) is 13.8. The van der Waals surface area contributed by atoms with Crippen LogP contribution in [0.1, 0.15) is 16.8 Å². The molecule has 2 aromatic rings. The van der Waals surface area contributed by atoms with Gasteiger partial charge < -0.3 is 15.2 Å². The molecule has 0 fully saturated rings. The standard InChI is InChI=1S/C14H15N3O3S/c18-9-3-8(4-10(19)5-9)6-17-2-1-11-12(7-17)15-14(21)16-13(11)20/h3-5,18-19H,1-2,6-7H2,(H2,15,16,20,21). The Morgan fingerprint density at radius 3 is 2.62 bits per heavy atom. The Balaban J connectivity index is 1.83. The number of aromatic amines is 2. The van der Waals surface area contributed by atoms with E-state index in [2.05, 4.69) is 14.9 Å². The summed E-state index contributed by atoms with van der Waals surface area (Å²) in [5, 5.41) is 19.0. The summed E-state index contributed by atoms with van der Waals surface area (Å²) in [5.74, 6) is 0.0801. The van der Waals surface area contributed by atoms with Gasteiger partial charge in [0.1, 0.15) is 11.5 Å². The van der Waals surface area contributed by atoms with E-state index in [0.717, 1.165) is 23.4 Å². The maximum absolute atomic E-state index is 11.8. The monoisotopic (exact) mass is 305 g/mol. The van der Waals surface area contributed by atoms with E-state index < -0.39 is 0 Å². The molecule has 0 spiro atoms. The molecule has 0 atom stereocenters. The number of phenolic OH excluding ortho intramolecular Hbond substituents is 2. The lowest BCUT2D eigenvalue weighted by Gasteiger charge is -2.27. The Morgan fingerprint density at radius 1 is 1.19 bits per heavy atom. The predicted octanol–water partition coefficient (Wildman–Crippen LogP) is 1.40. The van der Waals surface area contributed by atoms with Crippen LogP contribution in [-0.4, -0.2) is 31.6 Å². The van der Waals surface area contributed by atoms with Gasteiger partial charge in [0.05, 0.1) is 0 Å². The molecule has 1 aliphatic rings. The van der Waals surface area contributed by atoms with Crippen LogP contribution in [0, 0.1) is 4.77 Å². The van der Waals surface area contributed by atoms with Crippen LogP contribution in [0.4, 0.5) is 0 Å². The molecule has 0 saturated carbocycles. The van der Waals surface area contributed by atoms with Crippen LogP contribution in [0.2, 0.25) is 0 Å².